The number of methoxy groups -OCH3 is 1. The summed E-state index contributed by atoms with van der Waals surface area (Å²) in [4.78, 5) is 0. The lowest BCUT2D eigenvalue weighted by Gasteiger charge is -2.21. The van der Waals surface area contributed by atoms with Gasteiger partial charge in [0.1, 0.15) is 11.6 Å². The second-order valence-electron chi connectivity index (χ2n) is 4.46. The lowest BCUT2D eigenvalue weighted by atomic mass is 10.0. The molecule has 96 valence electrons. The number of hydrogen-bond donors (Lipinski definition) is 1. The van der Waals surface area contributed by atoms with E-state index in [2.05, 4.69) is 19.2 Å². The van der Waals surface area contributed by atoms with Crippen LogP contribution in [0.25, 0.3) is 0 Å². The first-order valence-corrected chi connectivity index (χ1v) is 6.18. The molecule has 1 aromatic rings. The zero-order chi connectivity index (χ0) is 12.8. The second kappa shape index (κ2) is 6.60. The van der Waals surface area contributed by atoms with E-state index in [4.69, 9.17) is 4.74 Å². The Bertz CT molecular complexity index is 354. The predicted molar refractivity (Wildman–Crippen MR) is 68.9 cm³/mol. The molecule has 1 N–H and O–H groups in total. The highest BCUT2D eigenvalue weighted by Crippen LogP contribution is 2.26. The molecule has 0 aliphatic heterocycles. The van der Waals surface area contributed by atoms with Gasteiger partial charge >= 0.3 is 0 Å². The molecule has 0 saturated carbocycles. The Balaban J connectivity index is 2.79. The van der Waals surface area contributed by atoms with E-state index in [1.807, 2.05) is 6.92 Å². The standard InChI is InChI=1S/C14H22FNO/c1-5-6-10(2)16-11(3)13-9-12(15)7-8-14(13)17-4/h7-11,16H,5-6H2,1-4H3. The molecule has 0 saturated heterocycles. The Morgan fingerprint density at radius 1 is 1.35 bits per heavy atom. The number of benzene rings is 1. The number of halogens is 1. The Hall–Kier alpha value is -1.09. The largest absolute Gasteiger partial charge is 0.496 e. The third kappa shape index (κ3) is 4.00. The van der Waals surface area contributed by atoms with Crippen LogP contribution in [0.2, 0.25) is 0 Å². The van der Waals surface area contributed by atoms with Crippen molar-refractivity contribution < 1.29 is 9.13 Å². The zero-order valence-electron chi connectivity index (χ0n) is 11.1. The van der Waals surface area contributed by atoms with Gasteiger partial charge in [-0.3, -0.25) is 0 Å². The molecule has 0 radical (unpaired) electrons. The van der Waals surface area contributed by atoms with Crippen molar-refractivity contribution in [2.24, 2.45) is 0 Å². The van der Waals surface area contributed by atoms with Crippen molar-refractivity contribution in [3.8, 4) is 5.75 Å². The minimum atomic E-state index is -0.224. The normalized spacial score (nSPS) is 14.4. The van der Waals surface area contributed by atoms with Gasteiger partial charge in [0.25, 0.3) is 0 Å². The van der Waals surface area contributed by atoms with Gasteiger partial charge in [0.15, 0.2) is 0 Å². The van der Waals surface area contributed by atoms with Crippen molar-refractivity contribution in [3.63, 3.8) is 0 Å². The quantitative estimate of drug-likeness (QED) is 0.817. The highest BCUT2D eigenvalue weighted by Gasteiger charge is 2.14. The first-order valence-electron chi connectivity index (χ1n) is 6.18. The summed E-state index contributed by atoms with van der Waals surface area (Å²) in [5.74, 6) is 0.507. The summed E-state index contributed by atoms with van der Waals surface area (Å²) >= 11 is 0. The fourth-order valence-electron chi connectivity index (χ4n) is 2.08. The number of ether oxygens (including phenoxy) is 1. The van der Waals surface area contributed by atoms with Crippen LogP contribution in [-0.2, 0) is 0 Å². The summed E-state index contributed by atoms with van der Waals surface area (Å²) in [5, 5.41) is 3.45. The van der Waals surface area contributed by atoms with Crippen LogP contribution < -0.4 is 10.1 Å². The molecule has 1 rings (SSSR count). The predicted octanol–water partition coefficient (Wildman–Crippen LogP) is 3.67. The maximum Gasteiger partial charge on any atom is 0.123 e. The average Bonchev–Trinajstić information content (AvgIpc) is 2.29. The number of hydrogen-bond acceptors (Lipinski definition) is 2. The van der Waals surface area contributed by atoms with Gasteiger partial charge in [-0.05, 0) is 38.5 Å². The summed E-state index contributed by atoms with van der Waals surface area (Å²) in [6, 6.07) is 5.14. The third-order valence-corrected chi connectivity index (χ3v) is 2.91. The number of nitrogens with one attached hydrogen (secondary N) is 1. The zero-order valence-corrected chi connectivity index (χ0v) is 11.1. The van der Waals surface area contributed by atoms with Crippen molar-refractivity contribution in [3.05, 3.63) is 29.6 Å². The Morgan fingerprint density at radius 3 is 2.65 bits per heavy atom. The van der Waals surface area contributed by atoms with Crippen molar-refractivity contribution in [2.75, 3.05) is 7.11 Å². The highest BCUT2D eigenvalue weighted by atomic mass is 19.1. The maximum atomic E-state index is 13.2. The SMILES string of the molecule is CCCC(C)NC(C)c1cc(F)ccc1OC. The number of rotatable bonds is 6. The second-order valence-corrected chi connectivity index (χ2v) is 4.46. The summed E-state index contributed by atoms with van der Waals surface area (Å²) in [6.07, 6.45) is 2.25. The smallest absolute Gasteiger partial charge is 0.123 e. The van der Waals surface area contributed by atoms with Gasteiger partial charge in [-0.25, -0.2) is 4.39 Å². The molecule has 0 amide bonds. The summed E-state index contributed by atoms with van der Waals surface area (Å²) in [6.45, 7) is 6.33. The molecule has 2 nitrogen and oxygen atoms in total. The van der Waals surface area contributed by atoms with Gasteiger partial charge < -0.3 is 10.1 Å². The molecule has 0 aliphatic rings. The van der Waals surface area contributed by atoms with E-state index in [-0.39, 0.29) is 11.9 Å². The van der Waals surface area contributed by atoms with E-state index in [1.165, 1.54) is 12.1 Å². The minimum Gasteiger partial charge on any atom is -0.496 e. The summed E-state index contributed by atoms with van der Waals surface area (Å²) in [7, 11) is 1.61. The van der Waals surface area contributed by atoms with E-state index in [1.54, 1.807) is 13.2 Å². The molecule has 0 aromatic heterocycles. The molecule has 0 bridgehead atoms. The molecule has 0 fully saturated rings. The molecule has 0 spiro atoms. The Labute approximate surface area is 103 Å². The van der Waals surface area contributed by atoms with Crippen LogP contribution >= 0.6 is 0 Å². The van der Waals surface area contributed by atoms with Gasteiger partial charge in [0, 0.05) is 17.6 Å². The van der Waals surface area contributed by atoms with Crippen molar-refractivity contribution in [1.82, 2.24) is 5.32 Å². The molecule has 2 unspecified atom stereocenters. The van der Waals surface area contributed by atoms with E-state index in [0.717, 1.165) is 24.2 Å². The van der Waals surface area contributed by atoms with E-state index in [0.29, 0.717) is 6.04 Å². The minimum absolute atomic E-state index is 0.0854. The summed E-state index contributed by atoms with van der Waals surface area (Å²) < 4.78 is 18.5. The fourth-order valence-corrected chi connectivity index (χ4v) is 2.08. The van der Waals surface area contributed by atoms with Crippen LogP contribution in [0.15, 0.2) is 18.2 Å². The van der Waals surface area contributed by atoms with Crippen LogP contribution in [0.5, 0.6) is 5.75 Å². The van der Waals surface area contributed by atoms with Crippen LogP contribution in [0.3, 0.4) is 0 Å². The molecule has 1 aromatic carbocycles. The molecule has 3 heteroatoms. The Morgan fingerprint density at radius 2 is 2.06 bits per heavy atom. The van der Waals surface area contributed by atoms with Gasteiger partial charge in [-0.2, -0.15) is 0 Å². The molecular formula is C14H22FNO. The lowest BCUT2D eigenvalue weighted by molar-refractivity contribution is 0.390. The highest BCUT2D eigenvalue weighted by molar-refractivity contribution is 5.36. The molecule has 0 aliphatic carbocycles. The van der Waals surface area contributed by atoms with Crippen LogP contribution in [0, 0.1) is 5.82 Å². The van der Waals surface area contributed by atoms with Crippen LogP contribution in [0.1, 0.15) is 45.2 Å². The van der Waals surface area contributed by atoms with Crippen molar-refractivity contribution in [1.29, 1.82) is 0 Å². The van der Waals surface area contributed by atoms with Crippen LogP contribution in [-0.4, -0.2) is 13.2 Å². The molecule has 2 atom stereocenters. The van der Waals surface area contributed by atoms with Gasteiger partial charge in [0.05, 0.1) is 7.11 Å². The van der Waals surface area contributed by atoms with Gasteiger partial charge in [-0.15, -0.1) is 0 Å². The van der Waals surface area contributed by atoms with Gasteiger partial charge in [-0.1, -0.05) is 13.3 Å². The maximum absolute atomic E-state index is 13.2. The molecule has 0 heterocycles. The lowest BCUT2D eigenvalue weighted by Crippen LogP contribution is -2.29. The van der Waals surface area contributed by atoms with Crippen LogP contribution in [0.4, 0.5) is 4.39 Å². The van der Waals surface area contributed by atoms with Gasteiger partial charge in [0.2, 0.25) is 0 Å². The monoisotopic (exact) mass is 239 g/mol. The average molecular weight is 239 g/mol. The van der Waals surface area contributed by atoms with E-state index < -0.39 is 0 Å². The first kappa shape index (κ1) is 14.0. The topological polar surface area (TPSA) is 21.3 Å². The van der Waals surface area contributed by atoms with Crippen molar-refractivity contribution in [2.45, 2.75) is 45.7 Å². The summed E-state index contributed by atoms with van der Waals surface area (Å²) in [5.41, 5.74) is 0.871. The Kier molecular flexibility index (Phi) is 5.42. The third-order valence-electron chi connectivity index (χ3n) is 2.91. The first-order chi connectivity index (χ1) is 8.08. The van der Waals surface area contributed by atoms with Crippen molar-refractivity contribution >= 4 is 0 Å². The van der Waals surface area contributed by atoms with E-state index in [9.17, 15) is 4.39 Å². The fraction of sp³-hybridized carbons (Fsp3) is 0.571. The molecule has 17 heavy (non-hydrogen) atoms. The molecular weight excluding hydrogens is 217 g/mol. The van der Waals surface area contributed by atoms with E-state index >= 15 is 0 Å².